The Morgan fingerprint density at radius 3 is 1.36 bits per heavy atom. The molecule has 0 aliphatic carbocycles. The van der Waals surface area contributed by atoms with Crippen LogP contribution in [0.15, 0.2) is 0 Å². The molecular formula is C6H17BO3Si. The van der Waals surface area contributed by atoms with E-state index < -0.39 is 8.67 Å². The molecule has 0 heterocycles. The summed E-state index contributed by atoms with van der Waals surface area (Å²) in [6.45, 7) is 7.81. The first-order valence-corrected chi connectivity index (χ1v) is 6.32. The second kappa shape index (κ2) is 5.77. The van der Waals surface area contributed by atoms with E-state index in [9.17, 15) is 0 Å². The summed E-state index contributed by atoms with van der Waals surface area (Å²) in [7, 11) is -0.329. The van der Waals surface area contributed by atoms with Crippen molar-refractivity contribution in [1.29, 1.82) is 0 Å². The summed E-state index contributed by atoms with van der Waals surface area (Å²) in [5.74, 6) is 0. The lowest BCUT2D eigenvalue weighted by Gasteiger charge is -2.24. The molecule has 0 aromatic heterocycles. The minimum absolute atomic E-state index is 0.655. The van der Waals surface area contributed by atoms with Gasteiger partial charge in [-0.3, -0.25) is 0 Å². The molecule has 0 aromatic rings. The van der Waals surface area contributed by atoms with Gasteiger partial charge in [-0.25, -0.2) is 0 Å². The minimum Gasteiger partial charge on any atom is -0.380 e. The van der Waals surface area contributed by atoms with E-state index in [1.165, 1.54) is 0 Å². The molecule has 0 radical (unpaired) electrons. The smallest absolute Gasteiger partial charge is 0.380 e. The molecule has 0 bridgehead atoms. The van der Waals surface area contributed by atoms with Gasteiger partial charge >= 0.3 is 8.67 Å². The molecule has 0 aliphatic heterocycles. The maximum atomic E-state index is 5.40. The summed E-state index contributed by atoms with van der Waals surface area (Å²) >= 11 is 0. The quantitative estimate of drug-likeness (QED) is 0.540. The van der Waals surface area contributed by atoms with Crippen molar-refractivity contribution in [2.45, 2.75) is 20.8 Å². The van der Waals surface area contributed by atoms with Crippen molar-refractivity contribution >= 4 is 16.1 Å². The Kier molecular flexibility index (Phi) is 5.85. The van der Waals surface area contributed by atoms with Gasteiger partial charge in [0.05, 0.1) is 0 Å². The fourth-order valence-electron chi connectivity index (χ4n) is 0.912. The summed E-state index contributed by atoms with van der Waals surface area (Å²) in [6, 6.07) is 0. The molecule has 0 amide bonds. The van der Waals surface area contributed by atoms with Crippen LogP contribution in [0.5, 0.6) is 0 Å². The topological polar surface area (TPSA) is 27.7 Å². The first kappa shape index (κ1) is 11.2. The number of rotatable bonds is 6. The third kappa shape index (κ3) is 4.58. The zero-order valence-corrected chi connectivity index (χ0v) is 8.85. The number of hydrogen-bond donors (Lipinski definition) is 0. The molecule has 0 unspecified atom stereocenters. The number of hydrogen-bond acceptors (Lipinski definition) is 3. The Labute approximate surface area is 70.7 Å². The summed E-state index contributed by atoms with van der Waals surface area (Å²) in [6.07, 6.45) is 0. The molecule has 11 heavy (non-hydrogen) atoms. The van der Waals surface area contributed by atoms with E-state index >= 15 is 0 Å². The van der Waals surface area contributed by atoms with Gasteiger partial charge in [0.15, 0.2) is 0 Å². The average Bonchev–Trinajstić information content (AvgIpc) is 1.88. The molecule has 0 aliphatic rings. The van der Waals surface area contributed by atoms with Crippen LogP contribution in [0.1, 0.15) is 20.8 Å². The van der Waals surface area contributed by atoms with E-state index in [0.29, 0.717) is 19.8 Å². The second-order valence-corrected chi connectivity index (χ2v) is 4.75. The van der Waals surface area contributed by atoms with Crippen LogP contribution in [0.3, 0.4) is 0 Å². The molecule has 5 heteroatoms. The standard InChI is InChI=1S/C6H17BO3Si/c1-4-8-11(7,9-5-2)10-6-3/h4-7H2,1-3H3. The Bertz CT molecular complexity index is 84.8. The third-order valence-corrected chi connectivity index (χ3v) is 3.66. The van der Waals surface area contributed by atoms with Gasteiger partial charge in [0.2, 0.25) is 7.44 Å². The lowest BCUT2D eigenvalue weighted by atomic mass is 10.8. The predicted molar refractivity (Wildman–Crippen MR) is 49.2 cm³/mol. The fourth-order valence-corrected chi connectivity index (χ4v) is 2.73. The van der Waals surface area contributed by atoms with Gasteiger partial charge in [0.1, 0.15) is 0 Å². The molecule has 3 nitrogen and oxygen atoms in total. The van der Waals surface area contributed by atoms with E-state index in [0.717, 1.165) is 0 Å². The first-order valence-electron chi connectivity index (χ1n) is 4.10. The summed E-state index contributed by atoms with van der Waals surface area (Å²) in [4.78, 5) is 0. The molecular weight excluding hydrogens is 159 g/mol. The molecule has 0 atom stereocenters. The van der Waals surface area contributed by atoms with Crippen LogP contribution in [0, 0.1) is 0 Å². The SMILES string of the molecule is B[Si](OCC)(OCC)OCC. The molecule has 0 fully saturated rings. The highest BCUT2D eigenvalue weighted by molar-refractivity contribution is 7.05. The lowest BCUT2D eigenvalue weighted by Crippen LogP contribution is -2.47. The molecule has 0 N–H and O–H groups in total. The molecule has 0 rings (SSSR count). The van der Waals surface area contributed by atoms with Crippen LogP contribution in [0.4, 0.5) is 0 Å². The zero-order valence-electron chi connectivity index (χ0n) is 7.85. The second-order valence-electron chi connectivity index (χ2n) is 2.16. The van der Waals surface area contributed by atoms with Gasteiger partial charge in [0, 0.05) is 19.8 Å². The molecule has 0 spiro atoms. The van der Waals surface area contributed by atoms with E-state index in [4.69, 9.17) is 13.3 Å². The van der Waals surface area contributed by atoms with Crippen LogP contribution in [0.25, 0.3) is 0 Å². The van der Waals surface area contributed by atoms with Crippen molar-refractivity contribution in [1.82, 2.24) is 0 Å². The fraction of sp³-hybridized carbons (Fsp3) is 1.00. The highest BCUT2D eigenvalue weighted by atomic mass is 28.4. The molecule has 66 valence electrons. The van der Waals surface area contributed by atoms with Gasteiger partial charge in [-0.1, -0.05) is 0 Å². The van der Waals surface area contributed by atoms with Crippen molar-refractivity contribution in [2.75, 3.05) is 19.8 Å². The van der Waals surface area contributed by atoms with Crippen molar-refractivity contribution < 1.29 is 13.3 Å². The van der Waals surface area contributed by atoms with Crippen LogP contribution in [-0.2, 0) is 13.3 Å². The van der Waals surface area contributed by atoms with Crippen LogP contribution in [0.2, 0.25) is 0 Å². The van der Waals surface area contributed by atoms with Crippen LogP contribution < -0.4 is 0 Å². The highest BCUT2D eigenvalue weighted by Gasteiger charge is 2.31. The lowest BCUT2D eigenvalue weighted by molar-refractivity contribution is 0.0941. The first-order chi connectivity index (χ1) is 5.18. The van der Waals surface area contributed by atoms with Gasteiger partial charge in [-0.05, 0) is 20.8 Å². The van der Waals surface area contributed by atoms with Crippen molar-refractivity contribution in [3.8, 4) is 0 Å². The van der Waals surface area contributed by atoms with Gasteiger partial charge in [0.25, 0.3) is 0 Å². The predicted octanol–water partition coefficient (Wildman–Crippen LogP) is 0.165. The summed E-state index contributed by atoms with van der Waals surface area (Å²) < 4.78 is 16.2. The minimum atomic E-state index is -2.25. The highest BCUT2D eigenvalue weighted by Crippen LogP contribution is 2.03. The zero-order chi connectivity index (χ0) is 8.74. The van der Waals surface area contributed by atoms with E-state index in [1.54, 1.807) is 0 Å². The molecule has 0 saturated carbocycles. The van der Waals surface area contributed by atoms with Crippen molar-refractivity contribution in [3.63, 3.8) is 0 Å². The van der Waals surface area contributed by atoms with Crippen LogP contribution in [-0.4, -0.2) is 35.9 Å². The maximum Gasteiger partial charge on any atom is 0.437 e. The average molecular weight is 176 g/mol. The Morgan fingerprint density at radius 2 is 1.18 bits per heavy atom. The van der Waals surface area contributed by atoms with Crippen LogP contribution >= 0.6 is 0 Å². The van der Waals surface area contributed by atoms with E-state index in [1.807, 2.05) is 28.2 Å². The monoisotopic (exact) mass is 176 g/mol. The molecule has 0 saturated heterocycles. The third-order valence-electron chi connectivity index (χ3n) is 1.22. The molecule has 0 aromatic carbocycles. The Hall–Kier alpha value is 0.162. The largest absolute Gasteiger partial charge is 0.437 e. The summed E-state index contributed by atoms with van der Waals surface area (Å²) in [5, 5.41) is 0. The van der Waals surface area contributed by atoms with Gasteiger partial charge in [-0.2, -0.15) is 0 Å². The Morgan fingerprint density at radius 1 is 0.909 bits per heavy atom. The van der Waals surface area contributed by atoms with Crippen molar-refractivity contribution in [3.05, 3.63) is 0 Å². The van der Waals surface area contributed by atoms with E-state index in [2.05, 4.69) is 0 Å². The van der Waals surface area contributed by atoms with Gasteiger partial charge < -0.3 is 13.3 Å². The Balaban J connectivity index is 3.79. The van der Waals surface area contributed by atoms with Crippen molar-refractivity contribution in [2.24, 2.45) is 0 Å². The normalized spacial score (nSPS) is 11.9. The summed E-state index contributed by atoms with van der Waals surface area (Å²) in [5.41, 5.74) is 0. The van der Waals surface area contributed by atoms with Gasteiger partial charge in [-0.15, -0.1) is 0 Å². The van der Waals surface area contributed by atoms with E-state index in [-0.39, 0.29) is 0 Å². The maximum absolute atomic E-state index is 5.40.